The zero-order chi connectivity index (χ0) is 22.2. The normalized spacial score (nSPS) is 10.8. The highest BCUT2D eigenvalue weighted by molar-refractivity contribution is 14.1. The van der Waals surface area contributed by atoms with E-state index in [1.54, 1.807) is 25.3 Å². The Morgan fingerprint density at radius 2 is 1.77 bits per heavy atom. The first-order chi connectivity index (χ1) is 14.9. The van der Waals surface area contributed by atoms with Gasteiger partial charge in [0.1, 0.15) is 12.4 Å². The Morgan fingerprint density at radius 3 is 2.45 bits per heavy atom. The lowest BCUT2D eigenvalue weighted by Gasteiger charge is -2.13. The summed E-state index contributed by atoms with van der Waals surface area (Å²) >= 11 is 2.18. The molecule has 0 bridgehead atoms. The van der Waals surface area contributed by atoms with Gasteiger partial charge in [0.2, 0.25) is 5.91 Å². The maximum Gasteiger partial charge on any atom is 0.244 e. The zero-order valence-corrected chi connectivity index (χ0v) is 19.4. The number of carbonyl (C=O) groups is 1. The summed E-state index contributed by atoms with van der Waals surface area (Å²) in [7, 11) is 1.58. The molecule has 0 spiro atoms. The average Bonchev–Trinajstić information content (AvgIpc) is 2.75. The number of methoxy groups -OCH3 is 1. The predicted octanol–water partition coefficient (Wildman–Crippen LogP) is 5.02. The molecule has 0 saturated carbocycles. The molecule has 0 fully saturated rings. The SMILES string of the molecule is COc1cc(/C=N/NC(=O)Cc2ccc(F)cc2)cc(I)c1OCc1ccc(C)cc1. The van der Waals surface area contributed by atoms with E-state index in [0.29, 0.717) is 23.7 Å². The van der Waals surface area contributed by atoms with Crippen LogP contribution in [-0.4, -0.2) is 19.2 Å². The average molecular weight is 532 g/mol. The predicted molar refractivity (Wildman–Crippen MR) is 127 cm³/mol. The van der Waals surface area contributed by atoms with Crippen LogP contribution in [0.25, 0.3) is 0 Å². The van der Waals surface area contributed by atoms with E-state index in [4.69, 9.17) is 9.47 Å². The van der Waals surface area contributed by atoms with E-state index in [-0.39, 0.29) is 18.1 Å². The molecule has 0 aliphatic rings. The summed E-state index contributed by atoms with van der Waals surface area (Å²) in [5.74, 6) is 0.610. The van der Waals surface area contributed by atoms with Gasteiger partial charge in [0.25, 0.3) is 0 Å². The van der Waals surface area contributed by atoms with Gasteiger partial charge in [-0.3, -0.25) is 4.79 Å². The number of ether oxygens (including phenoxy) is 2. The Labute approximate surface area is 194 Å². The van der Waals surface area contributed by atoms with Gasteiger partial charge in [0.05, 0.1) is 23.3 Å². The molecule has 0 heterocycles. The lowest BCUT2D eigenvalue weighted by molar-refractivity contribution is -0.120. The molecule has 1 N–H and O–H groups in total. The standard InChI is InChI=1S/C24H22FIN2O3/c1-16-3-5-18(6-4-16)15-31-24-21(26)11-19(12-22(24)30-2)14-27-28-23(29)13-17-7-9-20(25)10-8-17/h3-12,14H,13,15H2,1-2H3,(H,28,29)/b27-14+. The third-order valence-electron chi connectivity index (χ3n) is 4.44. The second-order valence-corrected chi connectivity index (χ2v) is 8.07. The van der Waals surface area contributed by atoms with E-state index >= 15 is 0 Å². The molecule has 1 amide bonds. The van der Waals surface area contributed by atoms with Crippen LogP contribution in [0.3, 0.4) is 0 Å². The molecule has 5 nitrogen and oxygen atoms in total. The number of hydrogen-bond donors (Lipinski definition) is 1. The van der Waals surface area contributed by atoms with Crippen molar-refractivity contribution in [1.82, 2.24) is 5.43 Å². The number of benzene rings is 3. The van der Waals surface area contributed by atoms with Crippen molar-refractivity contribution in [2.75, 3.05) is 7.11 Å². The lowest BCUT2D eigenvalue weighted by Crippen LogP contribution is -2.19. The molecule has 3 aromatic rings. The number of nitrogens with one attached hydrogen (secondary N) is 1. The van der Waals surface area contributed by atoms with Crippen molar-refractivity contribution >= 4 is 34.7 Å². The molecule has 3 rings (SSSR count). The highest BCUT2D eigenvalue weighted by Crippen LogP contribution is 2.34. The van der Waals surface area contributed by atoms with Crippen LogP contribution in [0.4, 0.5) is 4.39 Å². The summed E-state index contributed by atoms with van der Waals surface area (Å²) in [6.45, 7) is 2.47. The largest absolute Gasteiger partial charge is 0.493 e. The number of carbonyl (C=O) groups excluding carboxylic acids is 1. The highest BCUT2D eigenvalue weighted by Gasteiger charge is 2.12. The van der Waals surface area contributed by atoms with Gasteiger partial charge in [0, 0.05) is 0 Å². The van der Waals surface area contributed by atoms with Crippen LogP contribution in [0.15, 0.2) is 65.8 Å². The fraction of sp³-hybridized carbons (Fsp3) is 0.167. The minimum absolute atomic E-state index is 0.115. The van der Waals surface area contributed by atoms with Gasteiger partial charge >= 0.3 is 0 Å². The quantitative estimate of drug-likeness (QED) is 0.252. The number of hydrazone groups is 1. The molecule has 0 atom stereocenters. The lowest BCUT2D eigenvalue weighted by atomic mass is 10.1. The third-order valence-corrected chi connectivity index (χ3v) is 5.24. The number of rotatable bonds is 8. The number of hydrogen-bond acceptors (Lipinski definition) is 4. The highest BCUT2D eigenvalue weighted by atomic mass is 127. The number of nitrogens with zero attached hydrogens (tertiary/aromatic N) is 1. The van der Waals surface area contributed by atoms with Crippen molar-refractivity contribution in [3.05, 3.63) is 92.3 Å². The van der Waals surface area contributed by atoms with E-state index in [2.05, 4.69) is 33.1 Å². The van der Waals surface area contributed by atoms with E-state index < -0.39 is 0 Å². The van der Waals surface area contributed by atoms with Gasteiger partial charge in [0.15, 0.2) is 11.5 Å². The van der Waals surface area contributed by atoms with Gasteiger partial charge in [-0.25, -0.2) is 9.82 Å². The molecular formula is C24H22FIN2O3. The number of aryl methyl sites for hydroxylation is 1. The summed E-state index contributed by atoms with van der Waals surface area (Å²) in [5.41, 5.74) is 6.21. The van der Waals surface area contributed by atoms with Crippen molar-refractivity contribution in [2.24, 2.45) is 5.10 Å². The number of halogens is 2. The first kappa shape index (κ1) is 22.7. The molecule has 0 aliphatic carbocycles. The van der Waals surface area contributed by atoms with Gasteiger partial charge in [-0.15, -0.1) is 0 Å². The topological polar surface area (TPSA) is 59.9 Å². The van der Waals surface area contributed by atoms with Gasteiger partial charge in [-0.1, -0.05) is 42.0 Å². The van der Waals surface area contributed by atoms with Gasteiger partial charge in [-0.2, -0.15) is 5.10 Å². The van der Waals surface area contributed by atoms with Crippen LogP contribution in [0.5, 0.6) is 11.5 Å². The minimum Gasteiger partial charge on any atom is -0.493 e. The monoisotopic (exact) mass is 532 g/mol. The Balaban J connectivity index is 1.62. The second kappa shape index (κ2) is 10.9. The molecule has 0 aromatic heterocycles. The Kier molecular flexibility index (Phi) is 8.00. The van der Waals surface area contributed by atoms with Crippen LogP contribution in [0.2, 0.25) is 0 Å². The van der Waals surface area contributed by atoms with Gasteiger partial charge in [-0.05, 0) is 70.5 Å². The van der Waals surface area contributed by atoms with E-state index in [0.717, 1.165) is 14.7 Å². The Bertz CT molecular complexity index is 1070. The molecule has 0 radical (unpaired) electrons. The summed E-state index contributed by atoms with van der Waals surface area (Å²) in [6, 6.07) is 17.6. The molecule has 31 heavy (non-hydrogen) atoms. The summed E-state index contributed by atoms with van der Waals surface area (Å²) in [6.07, 6.45) is 1.65. The van der Waals surface area contributed by atoms with Crippen LogP contribution >= 0.6 is 22.6 Å². The molecule has 0 saturated heterocycles. The molecule has 7 heteroatoms. The molecule has 0 unspecified atom stereocenters. The fourth-order valence-electron chi connectivity index (χ4n) is 2.80. The second-order valence-electron chi connectivity index (χ2n) is 6.90. The Hall–Kier alpha value is -2.94. The summed E-state index contributed by atoms with van der Waals surface area (Å²) in [4.78, 5) is 12.0. The van der Waals surface area contributed by atoms with Crippen molar-refractivity contribution in [1.29, 1.82) is 0 Å². The zero-order valence-electron chi connectivity index (χ0n) is 17.2. The fourth-order valence-corrected chi connectivity index (χ4v) is 3.58. The molecular weight excluding hydrogens is 510 g/mol. The first-order valence-corrected chi connectivity index (χ1v) is 10.6. The smallest absolute Gasteiger partial charge is 0.244 e. The van der Waals surface area contributed by atoms with Crippen LogP contribution < -0.4 is 14.9 Å². The summed E-state index contributed by atoms with van der Waals surface area (Å²) < 4.78 is 25.3. The first-order valence-electron chi connectivity index (χ1n) is 9.57. The van der Waals surface area contributed by atoms with E-state index in [1.165, 1.54) is 23.9 Å². The van der Waals surface area contributed by atoms with Crippen molar-refractivity contribution < 1.29 is 18.7 Å². The molecule has 160 valence electrons. The van der Waals surface area contributed by atoms with Gasteiger partial charge < -0.3 is 9.47 Å². The van der Waals surface area contributed by atoms with Crippen LogP contribution in [0, 0.1) is 16.3 Å². The minimum atomic E-state index is -0.336. The summed E-state index contributed by atoms with van der Waals surface area (Å²) in [5, 5.41) is 4.00. The van der Waals surface area contributed by atoms with Crippen molar-refractivity contribution in [3.63, 3.8) is 0 Å². The van der Waals surface area contributed by atoms with Crippen molar-refractivity contribution in [3.8, 4) is 11.5 Å². The van der Waals surface area contributed by atoms with Crippen LogP contribution in [0.1, 0.15) is 22.3 Å². The van der Waals surface area contributed by atoms with Crippen molar-refractivity contribution in [2.45, 2.75) is 20.0 Å². The molecule has 3 aromatic carbocycles. The third kappa shape index (κ3) is 6.78. The maximum atomic E-state index is 12.9. The number of amides is 1. The van der Waals surface area contributed by atoms with Crippen LogP contribution in [-0.2, 0) is 17.8 Å². The van der Waals surface area contributed by atoms with E-state index in [9.17, 15) is 9.18 Å². The maximum absolute atomic E-state index is 12.9. The van der Waals surface area contributed by atoms with E-state index in [1.807, 2.05) is 37.3 Å². The Morgan fingerprint density at radius 1 is 1.10 bits per heavy atom. The molecule has 0 aliphatic heterocycles.